The Balaban J connectivity index is 0. The van der Waals surface area contributed by atoms with Gasteiger partial charge in [-0.1, -0.05) is 0 Å². The van der Waals surface area contributed by atoms with Gasteiger partial charge in [-0.25, -0.2) is 0 Å². The topological polar surface area (TPSA) is 18.5 Å². The van der Waals surface area contributed by atoms with E-state index < -0.39 is 0 Å². The van der Waals surface area contributed by atoms with E-state index in [2.05, 4.69) is 5.92 Å². The Hall–Kier alpha value is 0.726. The summed E-state index contributed by atoms with van der Waals surface area (Å²) in [5.74, 6) is 1.97. The molecule has 0 atom stereocenters. The van der Waals surface area contributed by atoms with Crippen LogP contribution in [-0.4, -0.2) is 42.1 Å². The third-order valence-electron chi connectivity index (χ3n) is 1.83. The Morgan fingerprint density at radius 1 is 1.38 bits per heavy atom. The molecule has 0 unspecified atom stereocenters. The maximum atomic E-state index is 6.71. The van der Waals surface area contributed by atoms with Gasteiger partial charge in [-0.3, -0.25) is 0 Å². The van der Waals surface area contributed by atoms with E-state index >= 15 is 0 Å². The largest absolute Gasteiger partial charge is 2.00 e. The molecule has 1 fully saturated rings. The van der Waals surface area contributed by atoms with Crippen LogP contribution in [0.3, 0.4) is 0 Å². The molecule has 0 aromatic heterocycles. The Morgan fingerprint density at radius 2 is 1.92 bits per heavy atom. The predicted molar refractivity (Wildman–Crippen MR) is 47.0 cm³/mol. The van der Waals surface area contributed by atoms with Crippen LogP contribution in [0.2, 0.25) is 0 Å². The summed E-state index contributed by atoms with van der Waals surface area (Å²) in [6.45, 7) is 3.35. The number of halogens is 1. The van der Waals surface area contributed by atoms with E-state index in [0.717, 1.165) is 12.8 Å². The Labute approximate surface area is 107 Å². The maximum absolute atomic E-state index is 6.71. The van der Waals surface area contributed by atoms with Crippen molar-refractivity contribution >= 4 is 23.1 Å². The summed E-state index contributed by atoms with van der Waals surface area (Å²) >= 11 is 0. The molecule has 13 heavy (non-hydrogen) atoms. The molecule has 0 radical (unpaired) electrons. The molecule has 70 valence electrons. The second-order valence-electron chi connectivity index (χ2n) is 2.86. The SMILES string of the molecule is [Br-].[C-]#CCCCC1(C)OCCO1.[Mg+2]. The summed E-state index contributed by atoms with van der Waals surface area (Å²) in [6, 6.07) is 0. The van der Waals surface area contributed by atoms with E-state index in [4.69, 9.17) is 15.9 Å². The average molecular weight is 257 g/mol. The molecule has 0 bridgehead atoms. The number of rotatable bonds is 3. The molecule has 1 saturated heterocycles. The molecular weight excluding hydrogens is 244 g/mol. The van der Waals surface area contributed by atoms with E-state index in [-0.39, 0.29) is 45.8 Å². The molecule has 1 heterocycles. The van der Waals surface area contributed by atoms with Gasteiger partial charge in [0.15, 0.2) is 5.79 Å². The number of hydrogen-bond acceptors (Lipinski definition) is 2. The van der Waals surface area contributed by atoms with Crippen molar-refractivity contribution in [2.45, 2.75) is 32.0 Å². The first kappa shape index (κ1) is 16.2. The summed E-state index contributed by atoms with van der Waals surface area (Å²) in [5, 5.41) is 0. The average Bonchev–Trinajstić information content (AvgIpc) is 2.38. The summed E-state index contributed by atoms with van der Waals surface area (Å²) in [5.41, 5.74) is 0. The summed E-state index contributed by atoms with van der Waals surface area (Å²) < 4.78 is 10.8. The standard InChI is InChI=1S/C9H13O2.BrH.Mg/c1-3-4-5-6-9(2)10-7-8-11-9;;/h4-8H2,2H3;1H;/q-1;;+2/p-1. The van der Waals surface area contributed by atoms with Crippen LogP contribution in [0.4, 0.5) is 0 Å². The molecule has 2 nitrogen and oxygen atoms in total. The zero-order valence-corrected chi connectivity index (χ0v) is 10.9. The summed E-state index contributed by atoms with van der Waals surface area (Å²) in [7, 11) is 0. The Morgan fingerprint density at radius 3 is 2.38 bits per heavy atom. The number of ether oxygens (including phenoxy) is 2. The van der Waals surface area contributed by atoms with Crippen LogP contribution < -0.4 is 17.0 Å². The van der Waals surface area contributed by atoms with Gasteiger partial charge in [0, 0.05) is 6.42 Å². The Bertz CT molecular complexity index is 161. The minimum Gasteiger partial charge on any atom is -1.00 e. The Kier molecular flexibility index (Phi) is 10.0. The molecule has 0 amide bonds. The van der Waals surface area contributed by atoms with Crippen molar-refractivity contribution in [2.24, 2.45) is 0 Å². The normalized spacial score (nSPS) is 18.2. The number of unbranched alkanes of at least 4 members (excludes halogenated alkanes) is 1. The third kappa shape index (κ3) is 5.92. The number of hydrogen-bond donors (Lipinski definition) is 0. The van der Waals surface area contributed by atoms with E-state index in [0.29, 0.717) is 19.6 Å². The van der Waals surface area contributed by atoms with E-state index in [1.165, 1.54) is 0 Å². The third-order valence-corrected chi connectivity index (χ3v) is 1.83. The molecule has 1 aliphatic rings. The first-order valence-electron chi connectivity index (χ1n) is 3.94. The zero-order chi connectivity index (χ0) is 8.16. The smallest absolute Gasteiger partial charge is 1.00 e. The van der Waals surface area contributed by atoms with Gasteiger partial charge in [0.25, 0.3) is 0 Å². The fourth-order valence-corrected chi connectivity index (χ4v) is 1.20. The van der Waals surface area contributed by atoms with Crippen molar-refractivity contribution in [1.29, 1.82) is 0 Å². The van der Waals surface area contributed by atoms with Gasteiger partial charge in [-0.05, 0) is 19.8 Å². The minimum atomic E-state index is -0.378. The van der Waals surface area contributed by atoms with Crippen LogP contribution >= 0.6 is 0 Å². The van der Waals surface area contributed by atoms with Crippen LogP contribution in [0.5, 0.6) is 0 Å². The maximum Gasteiger partial charge on any atom is 2.00 e. The van der Waals surface area contributed by atoms with Crippen molar-refractivity contribution in [3.8, 4) is 5.92 Å². The van der Waals surface area contributed by atoms with Gasteiger partial charge >= 0.3 is 23.1 Å². The summed E-state index contributed by atoms with van der Waals surface area (Å²) in [4.78, 5) is 0. The molecule has 0 spiro atoms. The predicted octanol–water partition coefficient (Wildman–Crippen LogP) is -1.87. The van der Waals surface area contributed by atoms with Crippen LogP contribution in [0.1, 0.15) is 26.2 Å². The fraction of sp³-hybridized carbons (Fsp3) is 0.778. The van der Waals surface area contributed by atoms with Crippen molar-refractivity contribution in [2.75, 3.05) is 13.2 Å². The first-order valence-corrected chi connectivity index (χ1v) is 3.94. The van der Waals surface area contributed by atoms with Gasteiger partial charge in [-0.2, -0.15) is 0 Å². The van der Waals surface area contributed by atoms with E-state index in [9.17, 15) is 0 Å². The van der Waals surface area contributed by atoms with Gasteiger partial charge < -0.3 is 38.8 Å². The molecular formula is C9H13BrMgO2. The van der Waals surface area contributed by atoms with Crippen molar-refractivity contribution in [3.63, 3.8) is 0 Å². The van der Waals surface area contributed by atoms with Crippen LogP contribution in [0.15, 0.2) is 0 Å². The van der Waals surface area contributed by atoms with Gasteiger partial charge in [-0.15, -0.1) is 0 Å². The van der Waals surface area contributed by atoms with Gasteiger partial charge in [0.2, 0.25) is 0 Å². The van der Waals surface area contributed by atoms with Gasteiger partial charge in [0.05, 0.1) is 13.2 Å². The van der Waals surface area contributed by atoms with Crippen molar-refractivity contribution in [1.82, 2.24) is 0 Å². The van der Waals surface area contributed by atoms with E-state index in [1.807, 2.05) is 6.92 Å². The first-order chi connectivity index (χ1) is 5.27. The molecule has 0 aromatic rings. The van der Waals surface area contributed by atoms with Gasteiger partial charge in [0.1, 0.15) is 0 Å². The molecule has 1 rings (SSSR count). The zero-order valence-electron chi connectivity index (χ0n) is 7.94. The second kappa shape index (κ2) is 8.07. The van der Waals surface area contributed by atoms with Crippen molar-refractivity contribution < 1.29 is 26.5 Å². The fourth-order valence-electron chi connectivity index (χ4n) is 1.20. The van der Waals surface area contributed by atoms with E-state index in [1.54, 1.807) is 0 Å². The van der Waals surface area contributed by atoms with Crippen LogP contribution in [0.25, 0.3) is 0 Å². The summed E-state index contributed by atoms with van der Waals surface area (Å²) in [6.07, 6.45) is 9.18. The van der Waals surface area contributed by atoms with Crippen LogP contribution in [0, 0.1) is 12.3 Å². The minimum absolute atomic E-state index is 0. The second-order valence-corrected chi connectivity index (χ2v) is 2.86. The monoisotopic (exact) mass is 256 g/mol. The molecule has 0 aromatic carbocycles. The van der Waals surface area contributed by atoms with Crippen molar-refractivity contribution in [3.05, 3.63) is 6.42 Å². The molecule has 0 saturated carbocycles. The molecule has 1 aliphatic heterocycles. The van der Waals surface area contributed by atoms with Crippen LogP contribution in [-0.2, 0) is 9.47 Å². The quantitative estimate of drug-likeness (QED) is 0.255. The molecule has 0 N–H and O–H groups in total. The molecule has 0 aliphatic carbocycles. The molecule has 4 heteroatoms.